The van der Waals surface area contributed by atoms with Crippen molar-refractivity contribution in [3.05, 3.63) is 72.6 Å². The number of nitrogens with zero attached hydrogens (tertiary/aromatic N) is 4. The largest absolute Gasteiger partial charge is 0.457 e. The Morgan fingerprint density at radius 3 is 2.31 bits per heavy atom. The Balaban J connectivity index is 1.44. The van der Waals surface area contributed by atoms with Crippen LogP contribution in [-0.2, 0) is 0 Å². The van der Waals surface area contributed by atoms with Crippen LogP contribution in [0.5, 0.6) is 11.5 Å². The summed E-state index contributed by atoms with van der Waals surface area (Å²) in [5, 5.41) is 2.85. The molecule has 2 heterocycles. The zero-order valence-corrected chi connectivity index (χ0v) is 16.3. The molecule has 1 fully saturated rings. The van der Waals surface area contributed by atoms with Crippen LogP contribution in [0.2, 0.25) is 0 Å². The second-order valence-electron chi connectivity index (χ2n) is 6.93. The van der Waals surface area contributed by atoms with Crippen LogP contribution in [-0.4, -0.2) is 54.0 Å². The fourth-order valence-corrected chi connectivity index (χ4v) is 3.11. The van der Waals surface area contributed by atoms with Crippen molar-refractivity contribution < 1.29 is 9.53 Å². The van der Waals surface area contributed by atoms with E-state index in [1.807, 2.05) is 36.4 Å². The van der Waals surface area contributed by atoms with Crippen molar-refractivity contribution in [2.75, 3.05) is 43.4 Å². The Morgan fingerprint density at radius 1 is 0.931 bits per heavy atom. The Morgan fingerprint density at radius 2 is 1.59 bits per heavy atom. The van der Waals surface area contributed by atoms with Gasteiger partial charge in [0.1, 0.15) is 11.5 Å². The molecular weight excluding hydrogens is 366 g/mol. The highest BCUT2D eigenvalue weighted by atomic mass is 16.5. The number of para-hydroxylation sites is 2. The fraction of sp³-hybridized carbons (Fsp3) is 0.227. The number of carbonyl (C=O) groups is 1. The van der Waals surface area contributed by atoms with E-state index in [1.165, 1.54) is 0 Å². The molecule has 0 spiro atoms. The highest BCUT2D eigenvalue weighted by molar-refractivity contribution is 6.06. The van der Waals surface area contributed by atoms with E-state index in [0.29, 0.717) is 28.7 Å². The highest BCUT2D eigenvalue weighted by Gasteiger charge is 2.17. The Hall–Kier alpha value is -3.45. The van der Waals surface area contributed by atoms with Gasteiger partial charge in [0.25, 0.3) is 5.91 Å². The van der Waals surface area contributed by atoms with E-state index in [-0.39, 0.29) is 5.91 Å². The summed E-state index contributed by atoms with van der Waals surface area (Å²) in [6, 6.07) is 16.5. The zero-order chi connectivity index (χ0) is 20.1. The highest BCUT2D eigenvalue weighted by Crippen LogP contribution is 2.25. The number of likely N-dealkylation sites (N-methyl/N-ethyl adjacent to an activating group) is 1. The van der Waals surface area contributed by atoms with Gasteiger partial charge < -0.3 is 19.9 Å². The van der Waals surface area contributed by atoms with E-state index < -0.39 is 0 Å². The van der Waals surface area contributed by atoms with Crippen molar-refractivity contribution in [1.29, 1.82) is 0 Å². The van der Waals surface area contributed by atoms with Gasteiger partial charge in [0.15, 0.2) is 0 Å². The summed E-state index contributed by atoms with van der Waals surface area (Å²) in [6.45, 7) is 3.76. The van der Waals surface area contributed by atoms with Crippen LogP contribution >= 0.6 is 0 Å². The van der Waals surface area contributed by atoms with Crippen molar-refractivity contribution in [2.45, 2.75) is 0 Å². The van der Waals surface area contributed by atoms with Gasteiger partial charge in [0, 0.05) is 26.2 Å². The molecule has 3 aromatic rings. The molecule has 0 bridgehead atoms. The average molecular weight is 389 g/mol. The zero-order valence-electron chi connectivity index (χ0n) is 16.3. The molecule has 4 rings (SSSR count). The number of amides is 1. The molecule has 7 heteroatoms. The predicted molar refractivity (Wildman–Crippen MR) is 113 cm³/mol. The van der Waals surface area contributed by atoms with Crippen LogP contribution in [0.25, 0.3) is 0 Å². The van der Waals surface area contributed by atoms with Gasteiger partial charge in [-0.05, 0) is 31.3 Å². The number of ether oxygens (including phenoxy) is 1. The summed E-state index contributed by atoms with van der Waals surface area (Å²) in [4.78, 5) is 26.0. The van der Waals surface area contributed by atoms with Crippen molar-refractivity contribution in [3.8, 4) is 11.5 Å². The van der Waals surface area contributed by atoms with Gasteiger partial charge >= 0.3 is 0 Å². The Labute approximate surface area is 170 Å². The number of carbonyl (C=O) groups excluding carboxylic acids is 1. The lowest BCUT2D eigenvalue weighted by molar-refractivity contribution is 0.102. The van der Waals surface area contributed by atoms with Crippen LogP contribution in [0, 0.1) is 0 Å². The van der Waals surface area contributed by atoms with Crippen molar-refractivity contribution >= 4 is 17.5 Å². The van der Waals surface area contributed by atoms with Crippen molar-refractivity contribution in [1.82, 2.24) is 14.9 Å². The molecule has 1 amide bonds. The fourth-order valence-electron chi connectivity index (χ4n) is 3.11. The third-order valence-electron chi connectivity index (χ3n) is 4.78. The van der Waals surface area contributed by atoms with Crippen LogP contribution in [0.1, 0.15) is 10.4 Å². The molecular formula is C22H23N5O2. The van der Waals surface area contributed by atoms with Gasteiger partial charge in [-0.25, -0.2) is 9.97 Å². The summed E-state index contributed by atoms with van der Waals surface area (Å²) < 4.78 is 5.87. The molecule has 1 saturated heterocycles. The van der Waals surface area contributed by atoms with E-state index in [0.717, 1.165) is 26.2 Å². The number of nitrogens with one attached hydrogen (secondary N) is 1. The van der Waals surface area contributed by atoms with Crippen LogP contribution in [0.3, 0.4) is 0 Å². The summed E-state index contributed by atoms with van der Waals surface area (Å²) in [5.74, 6) is 1.58. The summed E-state index contributed by atoms with van der Waals surface area (Å²) in [5.41, 5.74) is 0.988. The first kappa shape index (κ1) is 18.9. The molecule has 1 N–H and O–H groups in total. The first-order chi connectivity index (χ1) is 14.2. The van der Waals surface area contributed by atoms with Crippen molar-refractivity contribution in [3.63, 3.8) is 0 Å². The molecule has 1 aliphatic heterocycles. The van der Waals surface area contributed by atoms with E-state index in [4.69, 9.17) is 4.74 Å². The molecule has 2 aromatic carbocycles. The van der Waals surface area contributed by atoms with Crippen molar-refractivity contribution in [2.24, 2.45) is 0 Å². The minimum Gasteiger partial charge on any atom is -0.457 e. The van der Waals surface area contributed by atoms with Crippen LogP contribution < -0.4 is 15.0 Å². The van der Waals surface area contributed by atoms with Gasteiger partial charge in [-0.15, -0.1) is 0 Å². The smallest absolute Gasteiger partial charge is 0.259 e. The third kappa shape index (κ3) is 4.70. The number of hydrogen-bond donors (Lipinski definition) is 1. The predicted octanol–water partition coefficient (Wildman–Crippen LogP) is 3.27. The normalized spacial score (nSPS) is 14.4. The Bertz CT molecular complexity index is 954. The van der Waals surface area contributed by atoms with Crippen LogP contribution in [0.4, 0.5) is 11.6 Å². The quantitative estimate of drug-likeness (QED) is 0.722. The Kier molecular flexibility index (Phi) is 5.67. The third-order valence-corrected chi connectivity index (χ3v) is 4.78. The topological polar surface area (TPSA) is 70.6 Å². The first-order valence-corrected chi connectivity index (χ1v) is 9.58. The van der Waals surface area contributed by atoms with E-state index in [1.54, 1.807) is 30.6 Å². The molecule has 0 aliphatic carbocycles. The molecule has 0 unspecified atom stereocenters. The second kappa shape index (κ2) is 8.70. The van der Waals surface area contributed by atoms with Gasteiger partial charge in [-0.1, -0.05) is 30.3 Å². The minimum atomic E-state index is -0.271. The average Bonchev–Trinajstić information content (AvgIpc) is 2.76. The van der Waals surface area contributed by atoms with Gasteiger partial charge in [0.2, 0.25) is 5.95 Å². The van der Waals surface area contributed by atoms with Gasteiger partial charge in [-0.3, -0.25) is 4.79 Å². The number of anilines is 2. The molecule has 1 aromatic heterocycles. The number of benzene rings is 2. The SMILES string of the molecule is CN1CCN(c2ncc(NC(=O)c3ccccc3Oc3ccccc3)cn2)CC1. The molecule has 7 nitrogen and oxygen atoms in total. The number of piperazine rings is 1. The minimum absolute atomic E-state index is 0.271. The summed E-state index contributed by atoms with van der Waals surface area (Å²) in [6.07, 6.45) is 3.28. The van der Waals surface area contributed by atoms with E-state index >= 15 is 0 Å². The molecule has 148 valence electrons. The lowest BCUT2D eigenvalue weighted by atomic mass is 10.2. The summed E-state index contributed by atoms with van der Waals surface area (Å²) >= 11 is 0. The monoisotopic (exact) mass is 389 g/mol. The van der Waals surface area contributed by atoms with E-state index in [2.05, 4.69) is 32.1 Å². The van der Waals surface area contributed by atoms with Gasteiger partial charge in [0.05, 0.1) is 23.6 Å². The molecule has 1 aliphatic rings. The first-order valence-electron chi connectivity index (χ1n) is 9.58. The molecule has 29 heavy (non-hydrogen) atoms. The molecule has 0 atom stereocenters. The van der Waals surface area contributed by atoms with Crippen LogP contribution in [0.15, 0.2) is 67.0 Å². The summed E-state index contributed by atoms with van der Waals surface area (Å²) in [7, 11) is 2.11. The number of aromatic nitrogens is 2. The maximum Gasteiger partial charge on any atom is 0.259 e. The second-order valence-corrected chi connectivity index (χ2v) is 6.93. The standard InChI is InChI=1S/C22H23N5O2/c1-26-11-13-27(14-12-26)22-23-15-17(16-24-22)25-21(28)19-9-5-6-10-20(19)29-18-7-3-2-4-8-18/h2-10,15-16H,11-14H2,1H3,(H,25,28). The molecule has 0 saturated carbocycles. The lowest BCUT2D eigenvalue weighted by Crippen LogP contribution is -2.45. The van der Waals surface area contributed by atoms with E-state index in [9.17, 15) is 4.79 Å². The maximum atomic E-state index is 12.8. The molecule has 0 radical (unpaired) electrons. The maximum absolute atomic E-state index is 12.8. The lowest BCUT2D eigenvalue weighted by Gasteiger charge is -2.32. The van der Waals surface area contributed by atoms with Gasteiger partial charge in [-0.2, -0.15) is 0 Å². The number of hydrogen-bond acceptors (Lipinski definition) is 6. The number of rotatable bonds is 5.